The van der Waals surface area contributed by atoms with Crippen LogP contribution in [-0.2, 0) is 4.74 Å². The van der Waals surface area contributed by atoms with E-state index in [1.54, 1.807) is 21.3 Å². The highest BCUT2D eigenvalue weighted by atomic mass is 79.9. The molecule has 0 aliphatic heterocycles. The number of halogens is 1. The Labute approximate surface area is 128 Å². The average molecular weight is 345 g/mol. The van der Waals surface area contributed by atoms with Crippen molar-refractivity contribution in [2.24, 2.45) is 0 Å². The monoisotopic (exact) mass is 344 g/mol. The Morgan fingerprint density at radius 1 is 1.25 bits per heavy atom. The molecule has 1 aliphatic rings. The smallest absolute Gasteiger partial charge is 0.142 e. The molecule has 1 fully saturated rings. The van der Waals surface area contributed by atoms with Gasteiger partial charge in [0, 0.05) is 19.1 Å². The molecule has 1 aliphatic carbocycles. The maximum atomic E-state index is 10.5. The summed E-state index contributed by atoms with van der Waals surface area (Å²) in [4.78, 5) is 0. The van der Waals surface area contributed by atoms with E-state index in [0.717, 1.165) is 29.3 Å². The van der Waals surface area contributed by atoms with Crippen LogP contribution in [0.5, 0.6) is 11.5 Å². The van der Waals surface area contributed by atoms with Gasteiger partial charge in [0.2, 0.25) is 0 Å². The third-order valence-electron chi connectivity index (χ3n) is 4.14. The van der Waals surface area contributed by atoms with Gasteiger partial charge in [-0.3, -0.25) is 0 Å². The molecule has 1 atom stereocenters. The molecule has 2 rings (SSSR count). The number of hydrogen-bond acceptors (Lipinski definition) is 4. The highest BCUT2D eigenvalue weighted by molar-refractivity contribution is 9.10. The molecule has 4 nitrogen and oxygen atoms in total. The van der Waals surface area contributed by atoms with E-state index in [1.165, 1.54) is 0 Å². The minimum absolute atomic E-state index is 0.184. The Kier molecular flexibility index (Phi) is 4.94. The van der Waals surface area contributed by atoms with Crippen molar-refractivity contribution in [3.8, 4) is 11.5 Å². The molecule has 0 spiro atoms. The molecule has 0 amide bonds. The maximum absolute atomic E-state index is 10.5. The normalized spacial score (nSPS) is 18.2. The molecule has 1 N–H and O–H groups in total. The van der Waals surface area contributed by atoms with Gasteiger partial charge in [0.25, 0.3) is 0 Å². The molecule has 0 radical (unpaired) electrons. The highest BCUT2D eigenvalue weighted by Crippen LogP contribution is 2.45. The van der Waals surface area contributed by atoms with Gasteiger partial charge in [-0.1, -0.05) is 0 Å². The topological polar surface area (TPSA) is 47.9 Å². The Bertz CT molecular complexity index is 466. The van der Waals surface area contributed by atoms with Crippen molar-refractivity contribution in [1.82, 2.24) is 0 Å². The molecule has 1 saturated carbocycles. The van der Waals surface area contributed by atoms with E-state index in [9.17, 15) is 5.11 Å². The van der Waals surface area contributed by atoms with E-state index in [4.69, 9.17) is 14.2 Å². The number of methoxy groups -OCH3 is 3. The zero-order valence-electron chi connectivity index (χ0n) is 12.1. The van der Waals surface area contributed by atoms with Crippen LogP contribution in [0.1, 0.15) is 37.4 Å². The quantitative estimate of drug-likeness (QED) is 0.858. The lowest BCUT2D eigenvalue weighted by atomic mass is 9.75. The van der Waals surface area contributed by atoms with Crippen LogP contribution in [0.25, 0.3) is 0 Å². The number of aliphatic hydroxyl groups excluding tert-OH is 1. The van der Waals surface area contributed by atoms with Crippen LogP contribution in [0.15, 0.2) is 16.6 Å². The first-order valence-corrected chi connectivity index (χ1v) is 7.50. The van der Waals surface area contributed by atoms with Gasteiger partial charge in [0.05, 0.1) is 25.9 Å². The third-order valence-corrected chi connectivity index (χ3v) is 4.89. The largest absolute Gasteiger partial charge is 0.495 e. The predicted octanol–water partition coefficient (Wildman–Crippen LogP) is 3.46. The number of ether oxygens (including phenoxy) is 3. The summed E-state index contributed by atoms with van der Waals surface area (Å²) in [5.74, 6) is 1.30. The van der Waals surface area contributed by atoms with Crippen LogP contribution in [0.2, 0.25) is 0 Å². The van der Waals surface area contributed by atoms with Gasteiger partial charge in [-0.25, -0.2) is 0 Å². The van der Waals surface area contributed by atoms with Crippen LogP contribution < -0.4 is 9.47 Å². The molecular weight excluding hydrogens is 324 g/mol. The minimum atomic E-state index is -0.618. The van der Waals surface area contributed by atoms with E-state index >= 15 is 0 Å². The second-order valence-electron chi connectivity index (χ2n) is 5.16. The summed E-state index contributed by atoms with van der Waals surface area (Å²) in [7, 11) is 4.90. The zero-order valence-corrected chi connectivity index (χ0v) is 13.7. The lowest BCUT2D eigenvalue weighted by Gasteiger charge is -2.42. The van der Waals surface area contributed by atoms with Crippen LogP contribution in [-0.4, -0.2) is 32.0 Å². The van der Waals surface area contributed by atoms with E-state index in [0.29, 0.717) is 17.9 Å². The lowest BCUT2D eigenvalue weighted by Crippen LogP contribution is -2.40. The summed E-state index contributed by atoms with van der Waals surface area (Å²) < 4.78 is 17.0. The summed E-state index contributed by atoms with van der Waals surface area (Å²) in [6, 6.07) is 3.67. The number of rotatable bonds is 6. The lowest BCUT2D eigenvalue weighted by molar-refractivity contribution is -0.100. The summed E-state index contributed by atoms with van der Waals surface area (Å²) in [6.07, 6.45) is 3.12. The van der Waals surface area contributed by atoms with Crippen LogP contribution in [0.3, 0.4) is 0 Å². The zero-order chi connectivity index (χ0) is 14.8. The molecule has 20 heavy (non-hydrogen) atoms. The van der Waals surface area contributed by atoms with Crippen molar-refractivity contribution < 1.29 is 19.3 Å². The fraction of sp³-hybridized carbons (Fsp3) is 0.600. The molecule has 1 aromatic rings. The predicted molar refractivity (Wildman–Crippen MR) is 80.4 cm³/mol. The van der Waals surface area contributed by atoms with Crippen LogP contribution >= 0.6 is 15.9 Å². The SMILES string of the molecule is COc1ccc(C(O)CC2(OC)CCC2)c(OC)c1Br. The van der Waals surface area contributed by atoms with Crippen molar-refractivity contribution in [2.75, 3.05) is 21.3 Å². The first-order chi connectivity index (χ1) is 9.56. The molecule has 1 aromatic carbocycles. The first-order valence-electron chi connectivity index (χ1n) is 6.70. The van der Waals surface area contributed by atoms with E-state index in [-0.39, 0.29) is 5.60 Å². The molecule has 0 bridgehead atoms. The number of hydrogen-bond donors (Lipinski definition) is 1. The van der Waals surface area contributed by atoms with Crippen molar-refractivity contribution in [1.29, 1.82) is 0 Å². The summed E-state index contributed by atoms with van der Waals surface area (Å²) >= 11 is 3.46. The van der Waals surface area contributed by atoms with Crippen molar-refractivity contribution in [3.05, 3.63) is 22.2 Å². The highest BCUT2D eigenvalue weighted by Gasteiger charge is 2.39. The second kappa shape index (κ2) is 6.33. The van der Waals surface area contributed by atoms with Crippen LogP contribution in [0.4, 0.5) is 0 Å². The Morgan fingerprint density at radius 2 is 1.95 bits per heavy atom. The van der Waals surface area contributed by atoms with Gasteiger partial charge in [-0.05, 0) is 47.3 Å². The standard InChI is InChI=1S/C15H21BrO4/c1-18-12-6-5-10(14(19-2)13(12)16)11(17)9-15(20-3)7-4-8-15/h5-6,11,17H,4,7-9H2,1-3H3. The molecule has 112 valence electrons. The fourth-order valence-corrected chi connectivity index (χ4v) is 3.39. The summed E-state index contributed by atoms with van der Waals surface area (Å²) in [5, 5.41) is 10.5. The van der Waals surface area contributed by atoms with E-state index < -0.39 is 6.10 Å². The number of benzene rings is 1. The molecule has 0 saturated heterocycles. The molecular formula is C15H21BrO4. The van der Waals surface area contributed by atoms with Gasteiger partial charge in [-0.15, -0.1) is 0 Å². The van der Waals surface area contributed by atoms with Gasteiger partial charge in [0.15, 0.2) is 0 Å². The minimum Gasteiger partial charge on any atom is -0.495 e. The van der Waals surface area contributed by atoms with Gasteiger partial charge in [0.1, 0.15) is 16.0 Å². The Balaban J connectivity index is 2.25. The molecule has 0 aromatic heterocycles. The maximum Gasteiger partial charge on any atom is 0.142 e. The van der Waals surface area contributed by atoms with Crippen molar-refractivity contribution in [2.45, 2.75) is 37.4 Å². The first kappa shape index (κ1) is 15.6. The molecule has 5 heteroatoms. The Morgan fingerprint density at radius 3 is 2.40 bits per heavy atom. The second-order valence-corrected chi connectivity index (χ2v) is 5.96. The third kappa shape index (κ3) is 2.80. The average Bonchev–Trinajstić information content (AvgIpc) is 2.42. The van der Waals surface area contributed by atoms with E-state index in [2.05, 4.69) is 15.9 Å². The summed E-state index contributed by atoms with van der Waals surface area (Å²) in [5.41, 5.74) is 0.570. The molecule has 0 heterocycles. The van der Waals surface area contributed by atoms with Gasteiger partial charge in [-0.2, -0.15) is 0 Å². The van der Waals surface area contributed by atoms with E-state index in [1.807, 2.05) is 12.1 Å². The molecule has 1 unspecified atom stereocenters. The van der Waals surface area contributed by atoms with Crippen LogP contribution in [0, 0.1) is 0 Å². The van der Waals surface area contributed by atoms with Crippen molar-refractivity contribution >= 4 is 15.9 Å². The van der Waals surface area contributed by atoms with Gasteiger partial charge < -0.3 is 19.3 Å². The van der Waals surface area contributed by atoms with Gasteiger partial charge >= 0.3 is 0 Å². The summed E-state index contributed by atoms with van der Waals surface area (Å²) in [6.45, 7) is 0. The fourth-order valence-electron chi connectivity index (χ4n) is 2.71. The van der Waals surface area contributed by atoms with Crippen molar-refractivity contribution in [3.63, 3.8) is 0 Å². The Hall–Kier alpha value is -0.780. The number of aliphatic hydroxyl groups is 1.